The Morgan fingerprint density at radius 3 is 1.64 bits per heavy atom. The van der Waals surface area contributed by atoms with Gasteiger partial charge in [0.2, 0.25) is 0 Å². The van der Waals surface area contributed by atoms with Crippen molar-refractivity contribution in [3.63, 3.8) is 0 Å². The number of carboxylic acid groups (broad SMARTS) is 2. The monoisotopic (exact) mass is 634 g/mol. The molecular formula is C32H64N2Na2O5S. The van der Waals surface area contributed by atoms with E-state index in [1.54, 1.807) is 12.5 Å². The van der Waals surface area contributed by atoms with Gasteiger partial charge in [-0.15, -0.1) is 0 Å². The average Bonchev–Trinajstić information content (AvgIpc) is 2.91. The smallest absolute Gasteiger partial charge is 0.548 e. The molecule has 0 heterocycles. The predicted molar refractivity (Wildman–Crippen MR) is 170 cm³/mol. The molecule has 0 saturated carbocycles. The van der Waals surface area contributed by atoms with E-state index in [4.69, 9.17) is 0 Å². The van der Waals surface area contributed by atoms with Gasteiger partial charge >= 0.3 is 65.1 Å². The van der Waals surface area contributed by atoms with E-state index >= 15 is 0 Å². The molecule has 7 nitrogen and oxygen atoms in total. The van der Waals surface area contributed by atoms with Crippen molar-refractivity contribution in [2.75, 3.05) is 31.6 Å². The second-order valence-electron chi connectivity index (χ2n) is 10.3. The molecule has 2 unspecified atom stereocenters. The van der Waals surface area contributed by atoms with Crippen LogP contribution in [-0.4, -0.2) is 54.5 Å². The van der Waals surface area contributed by atoms with E-state index in [0.717, 1.165) is 22.7 Å². The maximum Gasteiger partial charge on any atom is 1.00 e. The first kappa shape index (κ1) is 54.8. The van der Waals surface area contributed by atoms with Crippen molar-refractivity contribution in [2.45, 2.75) is 127 Å². The quantitative estimate of drug-likeness (QED) is 0.162. The molecule has 0 aliphatic carbocycles. The van der Waals surface area contributed by atoms with Crippen LogP contribution in [0.3, 0.4) is 0 Å². The van der Waals surface area contributed by atoms with Crippen LogP contribution < -0.4 is 74.6 Å². The average molecular weight is 635 g/mol. The summed E-state index contributed by atoms with van der Waals surface area (Å²) in [5, 5.41) is 22.1. The fraction of sp³-hybridized carbons (Fsp3) is 0.844. The number of hydrogen-bond acceptors (Lipinski definition) is 6. The van der Waals surface area contributed by atoms with Crippen LogP contribution in [0.25, 0.3) is 0 Å². The number of nitrogens with zero attached hydrogens (tertiary/aromatic N) is 1. The third-order valence-electron chi connectivity index (χ3n) is 6.11. The minimum absolute atomic E-state index is 0. The molecule has 0 fully saturated rings. The second kappa shape index (κ2) is 41.3. The van der Waals surface area contributed by atoms with Gasteiger partial charge in [0, 0.05) is 12.3 Å². The van der Waals surface area contributed by atoms with E-state index in [0.29, 0.717) is 0 Å². The van der Waals surface area contributed by atoms with Crippen LogP contribution in [-0.2, 0) is 9.59 Å². The Bertz CT molecular complexity index is 638. The Hall–Kier alpha value is 0.300. The number of hydrogen-bond donors (Lipinski definition) is 1. The van der Waals surface area contributed by atoms with E-state index in [1.807, 2.05) is 44.8 Å². The van der Waals surface area contributed by atoms with Gasteiger partial charge in [0.15, 0.2) is 0 Å². The molecule has 0 bridgehead atoms. The molecule has 0 aliphatic heterocycles. The summed E-state index contributed by atoms with van der Waals surface area (Å²) in [6.45, 7) is 20.3. The van der Waals surface area contributed by atoms with E-state index < -0.39 is 31.1 Å². The summed E-state index contributed by atoms with van der Waals surface area (Å²) in [6.07, 6.45) is 17.2. The first-order valence-corrected chi connectivity index (χ1v) is 16.9. The van der Waals surface area contributed by atoms with E-state index in [1.165, 1.54) is 63.5 Å². The Morgan fingerprint density at radius 1 is 0.810 bits per heavy atom. The van der Waals surface area contributed by atoms with E-state index in [9.17, 15) is 24.6 Å². The number of likely N-dealkylation sites (N-methyl/N-ethyl adjacent to an activating group) is 1. The molecule has 2 atom stereocenters. The molecule has 0 aliphatic rings. The molecular weight excluding hydrogens is 570 g/mol. The van der Waals surface area contributed by atoms with Crippen LogP contribution in [0.5, 0.6) is 0 Å². The fourth-order valence-electron chi connectivity index (χ4n) is 3.78. The predicted octanol–water partition coefficient (Wildman–Crippen LogP) is 0.313. The van der Waals surface area contributed by atoms with E-state index in [2.05, 4.69) is 47.0 Å². The first-order chi connectivity index (χ1) is 18.9. The first-order valence-electron chi connectivity index (χ1n) is 15.5. The molecule has 10 heteroatoms. The minimum Gasteiger partial charge on any atom is -0.548 e. The molecule has 1 N–H and O–H groups in total. The molecule has 240 valence electrons. The summed E-state index contributed by atoms with van der Waals surface area (Å²) < 4.78 is 0. The summed E-state index contributed by atoms with van der Waals surface area (Å²) in [5.41, 5.74) is 1.58. The zero-order valence-electron chi connectivity index (χ0n) is 29.9. The molecule has 0 aromatic rings. The number of carboxylic acids is 2. The van der Waals surface area contributed by atoms with Gasteiger partial charge in [0.05, 0.1) is 25.0 Å². The summed E-state index contributed by atoms with van der Waals surface area (Å²) in [7, 11) is 0. The number of rotatable bonds is 19. The van der Waals surface area contributed by atoms with Crippen molar-refractivity contribution in [3.05, 3.63) is 11.6 Å². The molecule has 0 rings (SSSR count). The maximum atomic E-state index is 11.0. The van der Waals surface area contributed by atoms with Gasteiger partial charge in [-0.25, -0.2) is 4.79 Å². The van der Waals surface area contributed by atoms with E-state index in [-0.39, 0.29) is 65.7 Å². The van der Waals surface area contributed by atoms with Crippen molar-refractivity contribution in [2.24, 2.45) is 17.8 Å². The zero-order valence-corrected chi connectivity index (χ0v) is 34.7. The van der Waals surface area contributed by atoms with Crippen molar-refractivity contribution in [3.8, 4) is 0 Å². The molecule has 2 amide bonds. The SMILES string of the molecule is CC.CC.CCN(CC(=O)[O-])C(=O)NCC(=O)[O-].CSC/C=C(\C)CCCC(C)CCCC(C)CCCC(C)C.[Na+].[Na+]. The van der Waals surface area contributed by atoms with Gasteiger partial charge in [0.25, 0.3) is 0 Å². The van der Waals surface area contributed by atoms with Crippen molar-refractivity contribution >= 4 is 29.7 Å². The van der Waals surface area contributed by atoms with Crippen LogP contribution in [0.4, 0.5) is 4.79 Å². The summed E-state index contributed by atoms with van der Waals surface area (Å²) in [4.78, 5) is 32.1. The molecule has 42 heavy (non-hydrogen) atoms. The topological polar surface area (TPSA) is 113 Å². The van der Waals surface area contributed by atoms with Crippen LogP contribution >= 0.6 is 11.8 Å². The van der Waals surface area contributed by atoms with Gasteiger partial charge in [-0.1, -0.05) is 112 Å². The number of aliphatic carboxylic acids is 2. The van der Waals surface area contributed by atoms with Crippen LogP contribution in [0.1, 0.15) is 127 Å². The number of thioether (sulfide) groups is 1. The number of nitrogens with one attached hydrogen (secondary N) is 1. The third-order valence-corrected chi connectivity index (χ3v) is 6.61. The van der Waals surface area contributed by atoms with Gasteiger partial charge in [0.1, 0.15) is 0 Å². The summed E-state index contributed by atoms with van der Waals surface area (Å²) in [5.74, 6) is 1.05. The second-order valence-corrected chi connectivity index (χ2v) is 11.2. The zero-order chi connectivity index (χ0) is 31.9. The molecule has 0 spiro atoms. The molecule has 0 aromatic carbocycles. The molecule has 0 radical (unpaired) electrons. The Kier molecular flexibility index (Phi) is 53.8. The fourth-order valence-corrected chi connectivity index (χ4v) is 4.23. The summed E-state index contributed by atoms with van der Waals surface area (Å²) >= 11 is 1.91. The van der Waals surface area contributed by atoms with Crippen LogP contribution in [0.2, 0.25) is 0 Å². The van der Waals surface area contributed by atoms with Crippen molar-refractivity contribution in [1.29, 1.82) is 0 Å². The largest absolute Gasteiger partial charge is 1.00 e. The summed E-state index contributed by atoms with van der Waals surface area (Å²) in [6, 6.07) is -0.777. The Morgan fingerprint density at radius 2 is 1.26 bits per heavy atom. The number of carbonyl (C=O) groups is 3. The van der Waals surface area contributed by atoms with Gasteiger partial charge < -0.3 is 30.0 Å². The number of urea groups is 1. The van der Waals surface area contributed by atoms with Crippen LogP contribution in [0, 0.1) is 17.8 Å². The number of amides is 2. The molecule has 0 saturated heterocycles. The Labute approximate surface area is 309 Å². The van der Waals surface area contributed by atoms with Crippen LogP contribution in [0.15, 0.2) is 11.6 Å². The molecule has 0 aromatic heterocycles. The van der Waals surface area contributed by atoms with Gasteiger partial charge in [-0.3, -0.25) is 0 Å². The number of allylic oxidation sites excluding steroid dienone is 1. The maximum absolute atomic E-state index is 11.0. The van der Waals surface area contributed by atoms with Crippen molar-refractivity contribution < 1.29 is 83.7 Å². The Balaban J connectivity index is -0.000000141. The minimum atomic E-state index is -1.44. The van der Waals surface area contributed by atoms with Gasteiger partial charge in [-0.05, 0) is 50.7 Å². The van der Waals surface area contributed by atoms with Crippen molar-refractivity contribution in [1.82, 2.24) is 10.2 Å². The number of carbonyl (C=O) groups excluding carboxylic acids is 3. The normalized spacial score (nSPS) is 11.4. The standard InChI is InChI=1S/C21H42S.C7H12N2O5.2C2H6.2Na/c1-18(2)10-7-11-19(3)12-8-13-20(4)14-9-15-21(5)16-17-22-6;1-2-9(4-6(12)13)7(14)8-3-5(10)11;2*1-2;;/h16,18-20H,7-15,17H2,1-6H3;2-4H2,1H3,(H,8,14)(H,10,11)(H,12,13);2*1-2H3;;/q;;;;2*+1/p-2/b21-16+;;;;;. The van der Waals surface area contributed by atoms with Gasteiger partial charge in [-0.2, -0.15) is 11.8 Å². The third kappa shape index (κ3) is 44.7.